The lowest BCUT2D eigenvalue weighted by molar-refractivity contribution is 0.237. The SMILES string of the molecule is C/C(CN(C)C)=C(/c1ccccc1)C(O)c1ccccc1. The van der Waals surface area contributed by atoms with Crippen molar-refractivity contribution in [2.45, 2.75) is 13.0 Å². The van der Waals surface area contributed by atoms with Crippen molar-refractivity contribution in [3.05, 3.63) is 77.4 Å². The van der Waals surface area contributed by atoms with E-state index in [2.05, 4.69) is 24.0 Å². The van der Waals surface area contributed by atoms with Crippen molar-refractivity contribution < 1.29 is 5.11 Å². The van der Waals surface area contributed by atoms with E-state index in [-0.39, 0.29) is 0 Å². The maximum absolute atomic E-state index is 10.8. The molecule has 2 heteroatoms. The molecule has 2 aromatic carbocycles. The molecule has 2 aromatic rings. The molecule has 0 aliphatic rings. The fraction of sp³-hybridized carbons (Fsp3) is 0.263. The third kappa shape index (κ3) is 4.03. The van der Waals surface area contributed by atoms with Crippen LogP contribution < -0.4 is 0 Å². The molecule has 110 valence electrons. The number of rotatable bonds is 5. The summed E-state index contributed by atoms with van der Waals surface area (Å²) in [5.41, 5.74) is 4.18. The average Bonchev–Trinajstić information content (AvgIpc) is 2.48. The first-order chi connectivity index (χ1) is 10.1. The first kappa shape index (κ1) is 15.5. The van der Waals surface area contributed by atoms with Gasteiger partial charge in [0.2, 0.25) is 0 Å². The minimum absolute atomic E-state index is 0.603. The van der Waals surface area contributed by atoms with Crippen LogP contribution in [0, 0.1) is 0 Å². The second-order valence-corrected chi connectivity index (χ2v) is 5.61. The molecule has 0 radical (unpaired) electrons. The Morgan fingerprint density at radius 3 is 2.00 bits per heavy atom. The van der Waals surface area contributed by atoms with Crippen LogP contribution in [-0.4, -0.2) is 30.6 Å². The van der Waals surface area contributed by atoms with Crippen molar-refractivity contribution in [3.8, 4) is 0 Å². The van der Waals surface area contributed by atoms with Gasteiger partial charge in [0.05, 0.1) is 0 Å². The second-order valence-electron chi connectivity index (χ2n) is 5.61. The summed E-state index contributed by atoms with van der Waals surface area (Å²) in [5.74, 6) is 0. The highest BCUT2D eigenvalue weighted by Crippen LogP contribution is 2.32. The fourth-order valence-corrected chi connectivity index (χ4v) is 2.62. The molecule has 0 fully saturated rings. The van der Waals surface area contributed by atoms with Crippen LogP contribution in [0.15, 0.2) is 66.2 Å². The molecule has 0 aromatic heterocycles. The van der Waals surface area contributed by atoms with E-state index < -0.39 is 6.10 Å². The van der Waals surface area contributed by atoms with Gasteiger partial charge in [-0.25, -0.2) is 0 Å². The quantitative estimate of drug-likeness (QED) is 0.902. The molecule has 1 N–H and O–H groups in total. The van der Waals surface area contributed by atoms with Gasteiger partial charge >= 0.3 is 0 Å². The number of aliphatic hydroxyl groups excluding tert-OH is 1. The third-order valence-electron chi connectivity index (χ3n) is 3.49. The van der Waals surface area contributed by atoms with Gasteiger partial charge in [0.15, 0.2) is 0 Å². The smallest absolute Gasteiger partial charge is 0.105 e. The summed E-state index contributed by atoms with van der Waals surface area (Å²) in [7, 11) is 4.09. The van der Waals surface area contributed by atoms with E-state index in [1.54, 1.807) is 0 Å². The molecule has 0 spiro atoms. The third-order valence-corrected chi connectivity index (χ3v) is 3.49. The van der Waals surface area contributed by atoms with Crippen LogP contribution in [0.25, 0.3) is 5.57 Å². The van der Waals surface area contributed by atoms with Crippen molar-refractivity contribution in [2.24, 2.45) is 0 Å². The first-order valence-electron chi connectivity index (χ1n) is 7.22. The monoisotopic (exact) mass is 281 g/mol. The van der Waals surface area contributed by atoms with E-state index in [0.717, 1.165) is 23.2 Å². The average molecular weight is 281 g/mol. The topological polar surface area (TPSA) is 23.5 Å². The fourth-order valence-electron chi connectivity index (χ4n) is 2.62. The lowest BCUT2D eigenvalue weighted by Crippen LogP contribution is -2.16. The molecule has 2 rings (SSSR count). The largest absolute Gasteiger partial charge is 0.384 e. The van der Waals surface area contributed by atoms with Gasteiger partial charge in [0.25, 0.3) is 0 Å². The van der Waals surface area contributed by atoms with E-state index in [1.807, 2.05) is 62.6 Å². The molecule has 21 heavy (non-hydrogen) atoms. The van der Waals surface area contributed by atoms with Crippen LogP contribution in [0.1, 0.15) is 24.2 Å². The van der Waals surface area contributed by atoms with E-state index in [0.29, 0.717) is 0 Å². The van der Waals surface area contributed by atoms with E-state index in [9.17, 15) is 5.11 Å². The molecule has 0 aliphatic carbocycles. The molecule has 0 aliphatic heterocycles. The predicted octanol–water partition coefficient (Wildman–Crippen LogP) is 3.76. The van der Waals surface area contributed by atoms with Crippen molar-refractivity contribution in [2.75, 3.05) is 20.6 Å². The number of nitrogens with zero attached hydrogens (tertiary/aromatic N) is 1. The molecule has 1 unspecified atom stereocenters. The molecule has 0 saturated carbocycles. The van der Waals surface area contributed by atoms with Gasteiger partial charge in [0, 0.05) is 6.54 Å². The van der Waals surface area contributed by atoms with Crippen molar-refractivity contribution in [3.63, 3.8) is 0 Å². The standard InChI is InChI=1S/C19H23NO/c1-15(14-20(2)3)18(16-10-6-4-7-11-16)19(21)17-12-8-5-9-13-17/h4-13,19,21H,14H2,1-3H3/b18-15+. The van der Waals surface area contributed by atoms with E-state index in [4.69, 9.17) is 0 Å². The van der Waals surface area contributed by atoms with Gasteiger partial charge in [-0.05, 0) is 37.7 Å². The van der Waals surface area contributed by atoms with Crippen molar-refractivity contribution >= 4 is 5.57 Å². The summed E-state index contributed by atoms with van der Waals surface area (Å²) in [6.45, 7) is 2.92. The summed E-state index contributed by atoms with van der Waals surface area (Å²) in [4.78, 5) is 2.12. The second kappa shape index (κ2) is 7.21. The van der Waals surface area contributed by atoms with E-state index >= 15 is 0 Å². The Morgan fingerprint density at radius 2 is 1.48 bits per heavy atom. The Labute approximate surface area is 127 Å². The van der Waals surface area contributed by atoms with Gasteiger partial charge in [0.1, 0.15) is 6.10 Å². The van der Waals surface area contributed by atoms with Crippen LogP contribution in [0.3, 0.4) is 0 Å². The number of aliphatic hydroxyl groups is 1. The molecule has 1 atom stereocenters. The maximum atomic E-state index is 10.8. The maximum Gasteiger partial charge on any atom is 0.105 e. The highest BCUT2D eigenvalue weighted by atomic mass is 16.3. The number of likely N-dealkylation sites (N-methyl/N-ethyl adjacent to an activating group) is 1. The highest BCUT2D eigenvalue weighted by Gasteiger charge is 2.18. The van der Waals surface area contributed by atoms with Gasteiger partial charge in [-0.1, -0.05) is 66.2 Å². The lowest BCUT2D eigenvalue weighted by atomic mass is 9.91. The predicted molar refractivity (Wildman–Crippen MR) is 89.0 cm³/mol. The number of hydrogen-bond acceptors (Lipinski definition) is 2. The highest BCUT2D eigenvalue weighted by molar-refractivity contribution is 5.73. The molecular weight excluding hydrogens is 258 g/mol. The van der Waals surface area contributed by atoms with E-state index in [1.165, 1.54) is 5.57 Å². The zero-order chi connectivity index (χ0) is 15.2. The minimum Gasteiger partial charge on any atom is -0.384 e. The van der Waals surface area contributed by atoms with Crippen LogP contribution in [0.5, 0.6) is 0 Å². The Hall–Kier alpha value is -1.90. The van der Waals surface area contributed by atoms with Gasteiger partial charge < -0.3 is 10.0 Å². The van der Waals surface area contributed by atoms with Crippen LogP contribution in [0.2, 0.25) is 0 Å². The Morgan fingerprint density at radius 1 is 0.952 bits per heavy atom. The molecular formula is C19H23NO. The van der Waals surface area contributed by atoms with Crippen molar-refractivity contribution in [1.82, 2.24) is 4.90 Å². The Kier molecular flexibility index (Phi) is 5.32. The lowest BCUT2D eigenvalue weighted by Gasteiger charge is -2.21. The van der Waals surface area contributed by atoms with Gasteiger partial charge in [-0.15, -0.1) is 0 Å². The summed E-state index contributed by atoms with van der Waals surface area (Å²) >= 11 is 0. The summed E-state index contributed by atoms with van der Waals surface area (Å²) in [6.07, 6.45) is -0.603. The van der Waals surface area contributed by atoms with Gasteiger partial charge in [-0.2, -0.15) is 0 Å². The molecule has 0 saturated heterocycles. The molecule has 2 nitrogen and oxygen atoms in total. The molecule has 0 amide bonds. The van der Waals surface area contributed by atoms with Crippen molar-refractivity contribution in [1.29, 1.82) is 0 Å². The Balaban J connectivity index is 2.46. The van der Waals surface area contributed by atoms with Crippen LogP contribution >= 0.6 is 0 Å². The number of hydrogen-bond donors (Lipinski definition) is 1. The molecule has 0 bridgehead atoms. The zero-order valence-electron chi connectivity index (χ0n) is 13.0. The van der Waals surface area contributed by atoms with Crippen LogP contribution in [0.4, 0.5) is 0 Å². The zero-order valence-corrected chi connectivity index (χ0v) is 13.0. The van der Waals surface area contributed by atoms with Crippen LogP contribution in [-0.2, 0) is 0 Å². The summed E-state index contributed by atoms with van der Waals surface area (Å²) < 4.78 is 0. The first-order valence-corrected chi connectivity index (χ1v) is 7.22. The normalized spacial score (nSPS) is 14.0. The Bertz CT molecular complexity index is 587. The summed E-state index contributed by atoms with van der Waals surface area (Å²) in [6, 6.07) is 20.0. The summed E-state index contributed by atoms with van der Waals surface area (Å²) in [5, 5.41) is 10.8. The number of benzene rings is 2. The van der Waals surface area contributed by atoms with Gasteiger partial charge in [-0.3, -0.25) is 0 Å². The minimum atomic E-state index is -0.603. The molecule has 0 heterocycles.